The maximum atomic E-state index is 11.9. The van der Waals surface area contributed by atoms with Crippen molar-refractivity contribution in [2.45, 2.75) is 38.4 Å². The first-order valence-electron chi connectivity index (χ1n) is 8.11. The van der Waals surface area contributed by atoms with Crippen LogP contribution in [0.1, 0.15) is 26.7 Å². The van der Waals surface area contributed by atoms with Crippen molar-refractivity contribution in [3.8, 4) is 0 Å². The largest absolute Gasteiger partial charge is 0.396 e. The molecule has 1 aromatic heterocycles. The molecule has 2 N–H and O–H groups in total. The second-order valence-corrected chi connectivity index (χ2v) is 6.64. The Morgan fingerprint density at radius 3 is 2.96 bits per heavy atom. The van der Waals surface area contributed by atoms with Crippen molar-refractivity contribution in [3.05, 3.63) is 24.3 Å². The smallest absolute Gasteiger partial charge is 0.230 e. The van der Waals surface area contributed by atoms with E-state index in [4.69, 9.17) is 5.11 Å². The van der Waals surface area contributed by atoms with E-state index in [0.717, 1.165) is 35.6 Å². The minimum absolute atomic E-state index is 0.0290. The number of benzene rings is 1. The van der Waals surface area contributed by atoms with Gasteiger partial charge in [-0.05, 0) is 37.8 Å². The summed E-state index contributed by atoms with van der Waals surface area (Å²) in [6.45, 7) is 5.79. The number of nitrogens with zero attached hydrogens (tertiary/aromatic N) is 2. The van der Waals surface area contributed by atoms with E-state index in [1.165, 1.54) is 11.8 Å². The van der Waals surface area contributed by atoms with Gasteiger partial charge in [-0.3, -0.25) is 4.79 Å². The van der Waals surface area contributed by atoms with Crippen molar-refractivity contribution in [2.75, 3.05) is 18.9 Å². The first-order valence-corrected chi connectivity index (χ1v) is 9.09. The lowest BCUT2D eigenvalue weighted by Crippen LogP contribution is -2.26. The summed E-state index contributed by atoms with van der Waals surface area (Å²) in [4.78, 5) is 16.5. The number of aliphatic hydroxyl groups is 1. The van der Waals surface area contributed by atoms with Crippen molar-refractivity contribution in [1.29, 1.82) is 0 Å². The topological polar surface area (TPSA) is 67.2 Å². The second kappa shape index (κ2) is 8.93. The third-order valence-corrected chi connectivity index (χ3v) is 4.75. The number of para-hydroxylation sites is 2. The highest BCUT2D eigenvalue weighted by molar-refractivity contribution is 7.99. The molecule has 126 valence electrons. The van der Waals surface area contributed by atoms with Gasteiger partial charge in [-0.1, -0.05) is 30.8 Å². The first-order chi connectivity index (χ1) is 11.2. The van der Waals surface area contributed by atoms with E-state index in [1.54, 1.807) is 0 Å². The van der Waals surface area contributed by atoms with Gasteiger partial charge in [0.2, 0.25) is 5.91 Å². The quantitative estimate of drug-likeness (QED) is 0.546. The molecule has 1 aromatic carbocycles. The molecule has 2 rings (SSSR count). The minimum Gasteiger partial charge on any atom is -0.396 e. The molecule has 0 saturated heterocycles. The number of thioether (sulfide) groups is 1. The fraction of sp³-hybridized carbons (Fsp3) is 0.529. The normalized spacial score (nSPS) is 12.5. The molecule has 1 amide bonds. The van der Waals surface area contributed by atoms with Crippen molar-refractivity contribution in [1.82, 2.24) is 14.9 Å². The lowest BCUT2D eigenvalue weighted by Gasteiger charge is -2.09. The Hall–Kier alpha value is -1.53. The molecule has 1 unspecified atom stereocenters. The Balaban J connectivity index is 1.82. The van der Waals surface area contributed by atoms with E-state index >= 15 is 0 Å². The van der Waals surface area contributed by atoms with Gasteiger partial charge in [-0.15, -0.1) is 0 Å². The van der Waals surface area contributed by atoms with Crippen molar-refractivity contribution in [2.24, 2.45) is 5.92 Å². The van der Waals surface area contributed by atoms with Gasteiger partial charge >= 0.3 is 0 Å². The van der Waals surface area contributed by atoms with Crippen LogP contribution in [0.4, 0.5) is 0 Å². The zero-order valence-electron chi connectivity index (χ0n) is 13.8. The summed E-state index contributed by atoms with van der Waals surface area (Å²) in [5.74, 6) is 0.700. The predicted octanol–water partition coefficient (Wildman–Crippen LogP) is 2.67. The molecule has 0 saturated carbocycles. The van der Waals surface area contributed by atoms with Crippen LogP contribution in [0.5, 0.6) is 0 Å². The molecular formula is C17H25N3O2S. The first kappa shape index (κ1) is 17.8. The lowest BCUT2D eigenvalue weighted by atomic mass is 10.1. The number of carbonyl (C=O) groups is 1. The van der Waals surface area contributed by atoms with E-state index in [2.05, 4.69) is 27.9 Å². The zero-order chi connectivity index (χ0) is 16.7. The van der Waals surface area contributed by atoms with Crippen LogP contribution >= 0.6 is 11.8 Å². The Bertz CT molecular complexity index is 642. The molecule has 0 fully saturated rings. The minimum atomic E-state index is 0.0290. The molecule has 1 heterocycles. The van der Waals surface area contributed by atoms with Crippen molar-refractivity contribution >= 4 is 28.7 Å². The number of aryl methyl sites for hydroxylation is 1. The number of carbonyl (C=O) groups excluding carboxylic acids is 1. The Labute approximate surface area is 141 Å². The van der Waals surface area contributed by atoms with Crippen LogP contribution < -0.4 is 5.32 Å². The fourth-order valence-corrected chi connectivity index (χ4v) is 3.33. The standard InChI is InChI=1S/C17H25N3O2S/c1-3-20-15-9-5-4-8-14(15)19-17(20)23-12-16(22)18-10-6-7-13(2)11-21/h4-5,8-9,13,21H,3,6-7,10-12H2,1-2H3,(H,18,22). The molecule has 0 spiro atoms. The molecule has 0 aliphatic heterocycles. The highest BCUT2D eigenvalue weighted by Gasteiger charge is 2.11. The summed E-state index contributed by atoms with van der Waals surface area (Å²) in [5.41, 5.74) is 2.08. The summed E-state index contributed by atoms with van der Waals surface area (Å²) in [7, 11) is 0. The molecule has 5 nitrogen and oxygen atoms in total. The van der Waals surface area contributed by atoms with Gasteiger partial charge in [-0.25, -0.2) is 4.98 Å². The summed E-state index contributed by atoms with van der Waals surface area (Å²) in [6.07, 6.45) is 1.82. The third-order valence-electron chi connectivity index (χ3n) is 3.78. The average Bonchev–Trinajstić information content (AvgIpc) is 2.94. The van der Waals surface area contributed by atoms with Gasteiger partial charge in [0.15, 0.2) is 5.16 Å². The van der Waals surface area contributed by atoms with Crippen LogP contribution in [0.2, 0.25) is 0 Å². The van der Waals surface area contributed by atoms with Crippen molar-refractivity contribution in [3.63, 3.8) is 0 Å². The number of imidazole rings is 1. The van der Waals surface area contributed by atoms with Gasteiger partial charge in [0.1, 0.15) is 0 Å². The molecule has 23 heavy (non-hydrogen) atoms. The summed E-state index contributed by atoms with van der Waals surface area (Å²) in [6, 6.07) is 8.03. The molecule has 0 radical (unpaired) electrons. The Morgan fingerprint density at radius 1 is 1.43 bits per heavy atom. The van der Waals surface area contributed by atoms with E-state index in [9.17, 15) is 4.79 Å². The third kappa shape index (κ3) is 4.97. The highest BCUT2D eigenvalue weighted by Crippen LogP contribution is 2.23. The number of amides is 1. The molecular weight excluding hydrogens is 310 g/mol. The van der Waals surface area contributed by atoms with Gasteiger partial charge in [0, 0.05) is 19.7 Å². The van der Waals surface area contributed by atoms with Crippen molar-refractivity contribution < 1.29 is 9.90 Å². The second-order valence-electron chi connectivity index (χ2n) is 5.70. The van der Waals surface area contributed by atoms with Crippen LogP contribution in [0.3, 0.4) is 0 Å². The average molecular weight is 335 g/mol. The molecule has 1 atom stereocenters. The van der Waals surface area contributed by atoms with E-state index < -0.39 is 0 Å². The monoisotopic (exact) mass is 335 g/mol. The number of rotatable bonds is 9. The molecule has 6 heteroatoms. The molecule has 0 bridgehead atoms. The number of hydrogen-bond donors (Lipinski definition) is 2. The zero-order valence-corrected chi connectivity index (χ0v) is 14.6. The van der Waals surface area contributed by atoms with Gasteiger partial charge in [0.25, 0.3) is 0 Å². The Morgan fingerprint density at radius 2 is 2.22 bits per heavy atom. The molecule has 0 aliphatic carbocycles. The van der Waals surface area contributed by atoms with Gasteiger partial charge in [0.05, 0.1) is 16.8 Å². The van der Waals surface area contributed by atoms with Crippen LogP contribution in [0, 0.1) is 5.92 Å². The van der Waals surface area contributed by atoms with E-state index in [-0.39, 0.29) is 12.5 Å². The fourth-order valence-electron chi connectivity index (χ4n) is 2.42. The number of aliphatic hydroxyl groups excluding tert-OH is 1. The summed E-state index contributed by atoms with van der Waals surface area (Å²) >= 11 is 1.47. The number of fused-ring (bicyclic) bond motifs is 1. The predicted molar refractivity (Wildman–Crippen MR) is 94.6 cm³/mol. The van der Waals surface area contributed by atoms with Crippen LogP contribution in [-0.2, 0) is 11.3 Å². The van der Waals surface area contributed by atoms with Gasteiger partial charge < -0.3 is 15.0 Å². The van der Waals surface area contributed by atoms with Crippen LogP contribution in [-0.4, -0.2) is 39.5 Å². The highest BCUT2D eigenvalue weighted by atomic mass is 32.2. The van der Waals surface area contributed by atoms with Crippen LogP contribution in [0.15, 0.2) is 29.4 Å². The summed E-state index contributed by atoms with van der Waals surface area (Å²) < 4.78 is 2.14. The SMILES string of the molecule is CCn1c(SCC(=O)NCCCC(C)CO)nc2ccccc21. The number of nitrogens with one attached hydrogen (secondary N) is 1. The lowest BCUT2D eigenvalue weighted by molar-refractivity contribution is -0.118. The maximum Gasteiger partial charge on any atom is 0.230 e. The Kier molecular flexibility index (Phi) is 6.92. The van der Waals surface area contributed by atoms with Crippen LogP contribution in [0.25, 0.3) is 11.0 Å². The molecule has 0 aliphatic rings. The number of aromatic nitrogens is 2. The van der Waals surface area contributed by atoms with Gasteiger partial charge in [-0.2, -0.15) is 0 Å². The van der Waals surface area contributed by atoms with E-state index in [0.29, 0.717) is 18.2 Å². The molecule has 2 aromatic rings. The van der Waals surface area contributed by atoms with E-state index in [1.807, 2.05) is 25.1 Å². The number of hydrogen-bond acceptors (Lipinski definition) is 4. The maximum absolute atomic E-state index is 11.9. The summed E-state index contributed by atoms with van der Waals surface area (Å²) in [5, 5.41) is 12.8.